The molecule has 0 spiro atoms. The van der Waals surface area contributed by atoms with Gasteiger partial charge in [0.25, 0.3) is 11.5 Å². The largest absolute Gasteiger partial charge is 0.471 e. The summed E-state index contributed by atoms with van der Waals surface area (Å²) >= 11 is 6.16. The van der Waals surface area contributed by atoms with Crippen LogP contribution in [0.2, 0.25) is 5.02 Å². The van der Waals surface area contributed by atoms with Gasteiger partial charge in [-0.1, -0.05) is 29.8 Å². The first-order valence-electron chi connectivity index (χ1n) is 11.0. The van der Waals surface area contributed by atoms with Crippen LogP contribution >= 0.6 is 11.6 Å². The van der Waals surface area contributed by atoms with Gasteiger partial charge < -0.3 is 14.7 Å². The summed E-state index contributed by atoms with van der Waals surface area (Å²) in [4.78, 5) is 30.8. The van der Waals surface area contributed by atoms with E-state index in [-0.39, 0.29) is 35.5 Å². The van der Waals surface area contributed by atoms with Gasteiger partial charge in [0.1, 0.15) is 30.2 Å². The Morgan fingerprint density at radius 2 is 1.97 bits per heavy atom. The van der Waals surface area contributed by atoms with Gasteiger partial charge >= 0.3 is 0 Å². The standard InChI is InChI=1S/C25H24ClF2N3O4/c1-25(2,34)24(33)30-8-7-16-9-15(3-4-17(16)12-30)11-31-14-29-22(21(26)23(31)32)35-13-18-5-6-19(27)10-20(18)28/h3-6,9-10,14,34H,7-8,11-13H2,1-2H3. The molecule has 0 saturated carbocycles. The molecule has 7 nitrogen and oxygen atoms in total. The van der Waals surface area contributed by atoms with Crippen molar-refractivity contribution in [2.24, 2.45) is 0 Å². The van der Waals surface area contributed by atoms with Gasteiger partial charge in [0.05, 0.1) is 6.54 Å². The summed E-state index contributed by atoms with van der Waals surface area (Å²) in [6.07, 6.45) is 1.93. The van der Waals surface area contributed by atoms with E-state index in [0.29, 0.717) is 19.5 Å². The van der Waals surface area contributed by atoms with E-state index >= 15 is 0 Å². The minimum atomic E-state index is -1.42. The maximum atomic E-state index is 13.8. The highest BCUT2D eigenvalue weighted by atomic mass is 35.5. The van der Waals surface area contributed by atoms with Crippen LogP contribution in [0.4, 0.5) is 8.78 Å². The van der Waals surface area contributed by atoms with Crippen LogP contribution in [0.25, 0.3) is 0 Å². The van der Waals surface area contributed by atoms with Crippen molar-refractivity contribution in [3.63, 3.8) is 0 Å². The Balaban J connectivity index is 1.46. The number of carbonyl (C=O) groups is 1. The predicted octanol–water partition coefficient (Wildman–Crippen LogP) is 3.46. The molecule has 0 atom stereocenters. The molecule has 0 unspecified atom stereocenters. The number of ether oxygens (including phenoxy) is 1. The highest BCUT2D eigenvalue weighted by Crippen LogP contribution is 2.24. The lowest BCUT2D eigenvalue weighted by atomic mass is 9.96. The lowest BCUT2D eigenvalue weighted by Crippen LogP contribution is -2.47. The quantitative estimate of drug-likeness (QED) is 0.557. The first-order valence-corrected chi connectivity index (χ1v) is 11.3. The van der Waals surface area contributed by atoms with Crippen LogP contribution in [0.15, 0.2) is 47.5 Å². The van der Waals surface area contributed by atoms with Gasteiger partial charge in [0, 0.05) is 24.7 Å². The van der Waals surface area contributed by atoms with Gasteiger partial charge in [-0.05, 0) is 49.1 Å². The lowest BCUT2D eigenvalue weighted by Gasteiger charge is -2.33. The predicted molar refractivity (Wildman–Crippen MR) is 125 cm³/mol. The summed E-state index contributed by atoms with van der Waals surface area (Å²) in [6.45, 7) is 3.81. The maximum Gasteiger partial charge on any atom is 0.276 e. The molecule has 1 aliphatic heterocycles. The maximum absolute atomic E-state index is 13.8. The number of carbonyl (C=O) groups excluding carboxylic acids is 1. The molecule has 0 bridgehead atoms. The third-order valence-corrected chi connectivity index (χ3v) is 6.10. The second-order valence-electron chi connectivity index (χ2n) is 8.96. The average Bonchev–Trinajstić information content (AvgIpc) is 2.81. The number of fused-ring (bicyclic) bond motifs is 1. The summed E-state index contributed by atoms with van der Waals surface area (Å²) < 4.78 is 33.6. The van der Waals surface area contributed by atoms with Crippen molar-refractivity contribution in [2.75, 3.05) is 6.54 Å². The molecule has 0 saturated heterocycles. The van der Waals surface area contributed by atoms with Crippen molar-refractivity contribution < 1.29 is 23.4 Å². The molecule has 10 heteroatoms. The van der Waals surface area contributed by atoms with E-state index in [9.17, 15) is 23.5 Å². The lowest BCUT2D eigenvalue weighted by molar-refractivity contribution is -0.148. The van der Waals surface area contributed by atoms with E-state index in [1.54, 1.807) is 4.90 Å². The van der Waals surface area contributed by atoms with E-state index in [4.69, 9.17) is 16.3 Å². The number of aromatic nitrogens is 2. The SMILES string of the molecule is CC(C)(O)C(=O)N1CCc2cc(Cn3cnc(OCc4ccc(F)cc4F)c(Cl)c3=O)ccc2C1. The Bertz CT molecular complexity index is 1340. The van der Waals surface area contributed by atoms with Crippen LogP contribution in [-0.2, 0) is 30.9 Å². The summed E-state index contributed by atoms with van der Waals surface area (Å²) in [5, 5.41) is 9.75. The molecule has 0 radical (unpaired) electrons. The highest BCUT2D eigenvalue weighted by molar-refractivity contribution is 6.31. The van der Waals surface area contributed by atoms with Crippen molar-refractivity contribution in [1.82, 2.24) is 14.5 Å². The van der Waals surface area contributed by atoms with E-state index in [1.165, 1.54) is 30.8 Å². The molecular formula is C25H24ClF2N3O4. The molecule has 2 aromatic carbocycles. The Morgan fingerprint density at radius 3 is 2.69 bits per heavy atom. The minimum absolute atomic E-state index is 0.102. The van der Waals surface area contributed by atoms with Crippen molar-refractivity contribution in [2.45, 2.75) is 45.6 Å². The topological polar surface area (TPSA) is 84.7 Å². The third kappa shape index (κ3) is 5.52. The van der Waals surface area contributed by atoms with Gasteiger partial charge in [-0.2, -0.15) is 0 Å². The molecule has 1 N–H and O–H groups in total. The molecule has 4 rings (SSSR count). The average molecular weight is 504 g/mol. The summed E-state index contributed by atoms with van der Waals surface area (Å²) in [5.41, 5.74) is 1.07. The van der Waals surface area contributed by atoms with Gasteiger partial charge in [0.15, 0.2) is 5.02 Å². The van der Waals surface area contributed by atoms with Crippen LogP contribution in [0.3, 0.4) is 0 Å². The van der Waals surface area contributed by atoms with Crippen LogP contribution < -0.4 is 10.3 Å². The van der Waals surface area contributed by atoms with Gasteiger partial charge in [-0.25, -0.2) is 13.8 Å². The fraction of sp³-hybridized carbons (Fsp3) is 0.320. The monoisotopic (exact) mass is 503 g/mol. The fourth-order valence-corrected chi connectivity index (χ4v) is 4.12. The number of aliphatic hydroxyl groups is 1. The minimum Gasteiger partial charge on any atom is -0.471 e. The number of halogens is 3. The van der Waals surface area contributed by atoms with Gasteiger partial charge in [0.2, 0.25) is 5.88 Å². The molecule has 1 amide bonds. The Labute approximate surface area is 205 Å². The van der Waals surface area contributed by atoms with Crippen LogP contribution in [0, 0.1) is 11.6 Å². The molecular weight excluding hydrogens is 480 g/mol. The van der Waals surface area contributed by atoms with Crippen molar-refractivity contribution in [3.05, 3.63) is 92.0 Å². The van der Waals surface area contributed by atoms with Gasteiger partial charge in [-0.15, -0.1) is 0 Å². The van der Waals surface area contributed by atoms with Crippen molar-refractivity contribution in [1.29, 1.82) is 0 Å². The summed E-state index contributed by atoms with van der Waals surface area (Å²) in [7, 11) is 0. The molecule has 2 heterocycles. The number of amides is 1. The zero-order valence-electron chi connectivity index (χ0n) is 19.2. The van der Waals surface area contributed by atoms with E-state index in [0.717, 1.165) is 28.8 Å². The Kier molecular flexibility index (Phi) is 6.91. The molecule has 0 fully saturated rings. The van der Waals surface area contributed by atoms with E-state index < -0.39 is 22.8 Å². The molecule has 1 aromatic heterocycles. The summed E-state index contributed by atoms with van der Waals surface area (Å²) in [5.74, 6) is -1.93. The van der Waals surface area contributed by atoms with Crippen LogP contribution in [0.1, 0.15) is 36.1 Å². The number of nitrogens with zero attached hydrogens (tertiary/aromatic N) is 3. The van der Waals surface area contributed by atoms with Gasteiger partial charge in [-0.3, -0.25) is 14.2 Å². The molecule has 3 aromatic rings. The highest BCUT2D eigenvalue weighted by Gasteiger charge is 2.31. The Hall–Kier alpha value is -3.30. The van der Waals surface area contributed by atoms with Crippen molar-refractivity contribution in [3.8, 4) is 5.88 Å². The van der Waals surface area contributed by atoms with Crippen LogP contribution in [0.5, 0.6) is 5.88 Å². The molecule has 0 aliphatic carbocycles. The fourth-order valence-electron chi connectivity index (χ4n) is 3.91. The van der Waals surface area contributed by atoms with Crippen LogP contribution in [-0.4, -0.2) is 37.6 Å². The van der Waals surface area contributed by atoms with E-state index in [1.807, 2.05) is 18.2 Å². The first-order chi connectivity index (χ1) is 16.5. The number of hydrogen-bond acceptors (Lipinski definition) is 5. The normalized spacial score (nSPS) is 13.5. The van der Waals surface area contributed by atoms with Crippen molar-refractivity contribution >= 4 is 17.5 Å². The second-order valence-corrected chi connectivity index (χ2v) is 9.34. The summed E-state index contributed by atoms with van der Waals surface area (Å²) in [6, 6.07) is 8.84. The number of benzene rings is 2. The number of rotatable bonds is 6. The Morgan fingerprint density at radius 1 is 1.20 bits per heavy atom. The number of hydrogen-bond donors (Lipinski definition) is 1. The zero-order chi connectivity index (χ0) is 25.3. The first kappa shape index (κ1) is 24.8. The zero-order valence-corrected chi connectivity index (χ0v) is 20.0. The second kappa shape index (κ2) is 9.75. The van der Waals surface area contributed by atoms with E-state index in [2.05, 4.69) is 4.98 Å². The molecule has 1 aliphatic rings. The molecule has 35 heavy (non-hydrogen) atoms. The third-order valence-electron chi connectivity index (χ3n) is 5.78. The molecule has 184 valence electrons. The smallest absolute Gasteiger partial charge is 0.276 e.